The standard InChI is InChI=1S/C29H26Br2N2O5/c1-3-36-26(34)16-19-4-6-21(7-5-19)22-8-10-23(11-9-22)28-27(18(2)33-38-28)32-29(35)37-13-12-20-14-24(30)17-25(31)15-20/h4-11,14-15,17H,3,12-13,16H2,1-2H3,(H,32,35). The van der Waals surface area contributed by atoms with Gasteiger partial charge in [-0.2, -0.15) is 0 Å². The lowest BCUT2D eigenvalue weighted by Crippen LogP contribution is -2.16. The Morgan fingerprint density at radius 2 is 1.47 bits per heavy atom. The number of carbonyl (C=O) groups is 2. The second-order valence-corrected chi connectivity index (χ2v) is 10.3. The first-order valence-electron chi connectivity index (χ1n) is 12.0. The maximum absolute atomic E-state index is 12.5. The number of hydrogen-bond acceptors (Lipinski definition) is 6. The van der Waals surface area contributed by atoms with Gasteiger partial charge in [0.15, 0.2) is 5.76 Å². The van der Waals surface area contributed by atoms with E-state index in [1.165, 1.54) is 0 Å². The Morgan fingerprint density at radius 1 is 0.868 bits per heavy atom. The third kappa shape index (κ3) is 7.33. The van der Waals surface area contributed by atoms with E-state index in [2.05, 4.69) is 42.3 Å². The predicted octanol–water partition coefficient (Wildman–Crippen LogP) is 7.74. The number of hydrogen-bond donors (Lipinski definition) is 1. The van der Waals surface area contributed by atoms with Gasteiger partial charge in [0.1, 0.15) is 11.4 Å². The summed E-state index contributed by atoms with van der Waals surface area (Å²) in [6, 6.07) is 21.4. The lowest BCUT2D eigenvalue weighted by Gasteiger charge is -2.09. The molecule has 0 spiro atoms. The van der Waals surface area contributed by atoms with Gasteiger partial charge in [0.2, 0.25) is 0 Å². The van der Waals surface area contributed by atoms with Crippen LogP contribution in [0.1, 0.15) is 23.7 Å². The Bertz CT molecular complexity index is 1400. The van der Waals surface area contributed by atoms with E-state index >= 15 is 0 Å². The Kier molecular flexibility index (Phi) is 9.36. The van der Waals surface area contributed by atoms with E-state index in [1.54, 1.807) is 13.8 Å². The summed E-state index contributed by atoms with van der Waals surface area (Å²) in [5, 5.41) is 6.80. The summed E-state index contributed by atoms with van der Waals surface area (Å²) < 4.78 is 17.8. The van der Waals surface area contributed by atoms with E-state index in [0.717, 1.165) is 36.8 Å². The van der Waals surface area contributed by atoms with E-state index in [0.29, 0.717) is 30.2 Å². The molecule has 196 valence electrons. The minimum atomic E-state index is -0.578. The molecule has 0 atom stereocenters. The van der Waals surface area contributed by atoms with Crippen molar-refractivity contribution >= 4 is 49.6 Å². The van der Waals surface area contributed by atoms with Gasteiger partial charge in [-0.25, -0.2) is 4.79 Å². The average Bonchev–Trinajstić information content (AvgIpc) is 3.24. The van der Waals surface area contributed by atoms with Crippen molar-refractivity contribution in [1.29, 1.82) is 0 Å². The van der Waals surface area contributed by atoms with Crippen LogP contribution >= 0.6 is 31.9 Å². The number of benzene rings is 3. The normalized spacial score (nSPS) is 10.7. The molecule has 0 bridgehead atoms. The third-order valence-electron chi connectivity index (χ3n) is 5.72. The second-order valence-electron chi connectivity index (χ2n) is 8.52. The van der Waals surface area contributed by atoms with Gasteiger partial charge in [0, 0.05) is 20.9 Å². The Morgan fingerprint density at radius 3 is 2.11 bits per heavy atom. The SMILES string of the molecule is CCOC(=O)Cc1ccc(-c2ccc(-c3onc(C)c3NC(=O)OCCc3cc(Br)cc(Br)c3)cc2)cc1. The van der Waals surface area contributed by atoms with E-state index in [4.69, 9.17) is 14.0 Å². The van der Waals surface area contributed by atoms with Gasteiger partial charge < -0.3 is 14.0 Å². The van der Waals surface area contributed by atoms with Crippen LogP contribution in [-0.2, 0) is 27.1 Å². The highest BCUT2D eigenvalue weighted by Crippen LogP contribution is 2.32. The van der Waals surface area contributed by atoms with Crippen molar-refractivity contribution in [2.75, 3.05) is 18.5 Å². The van der Waals surface area contributed by atoms with Crippen LogP contribution < -0.4 is 5.32 Å². The van der Waals surface area contributed by atoms with Crippen molar-refractivity contribution in [2.45, 2.75) is 26.7 Å². The van der Waals surface area contributed by atoms with Crippen molar-refractivity contribution in [3.8, 4) is 22.5 Å². The molecule has 0 saturated heterocycles. The molecule has 0 aliphatic carbocycles. The lowest BCUT2D eigenvalue weighted by atomic mass is 10.0. The van der Waals surface area contributed by atoms with Crippen LogP contribution in [0.4, 0.5) is 10.5 Å². The zero-order chi connectivity index (χ0) is 27.1. The molecule has 1 N–H and O–H groups in total. The Labute approximate surface area is 237 Å². The van der Waals surface area contributed by atoms with Gasteiger partial charge in [0.25, 0.3) is 0 Å². The molecule has 0 fully saturated rings. The third-order valence-corrected chi connectivity index (χ3v) is 6.64. The summed E-state index contributed by atoms with van der Waals surface area (Å²) in [6.45, 7) is 4.15. The number of carbonyl (C=O) groups excluding carboxylic acids is 2. The number of aromatic nitrogens is 1. The summed E-state index contributed by atoms with van der Waals surface area (Å²) in [5.41, 5.74) is 5.73. The number of halogens is 2. The quantitative estimate of drug-likeness (QED) is 0.188. The summed E-state index contributed by atoms with van der Waals surface area (Å²) in [5.74, 6) is 0.213. The monoisotopic (exact) mass is 640 g/mol. The van der Waals surface area contributed by atoms with Gasteiger partial charge in [0.05, 0.1) is 19.6 Å². The molecule has 4 rings (SSSR count). The highest BCUT2D eigenvalue weighted by molar-refractivity contribution is 9.11. The van der Waals surface area contributed by atoms with Gasteiger partial charge >= 0.3 is 12.1 Å². The molecule has 0 saturated carbocycles. The minimum absolute atomic E-state index is 0.224. The number of anilines is 1. The van der Waals surface area contributed by atoms with Crippen molar-refractivity contribution in [3.05, 3.63) is 92.5 Å². The molecule has 1 heterocycles. The van der Waals surface area contributed by atoms with Crippen LogP contribution in [0, 0.1) is 6.92 Å². The Hall–Kier alpha value is -3.43. The molecule has 4 aromatic rings. The largest absolute Gasteiger partial charge is 0.466 e. The first-order chi connectivity index (χ1) is 18.3. The van der Waals surface area contributed by atoms with Crippen molar-refractivity contribution in [1.82, 2.24) is 5.16 Å². The maximum Gasteiger partial charge on any atom is 0.411 e. The van der Waals surface area contributed by atoms with Crippen LogP contribution in [0.5, 0.6) is 0 Å². The van der Waals surface area contributed by atoms with E-state index in [-0.39, 0.29) is 19.0 Å². The zero-order valence-corrected chi connectivity index (χ0v) is 24.1. The molecule has 3 aromatic carbocycles. The number of ether oxygens (including phenoxy) is 2. The van der Waals surface area contributed by atoms with Gasteiger partial charge in [-0.15, -0.1) is 0 Å². The van der Waals surface area contributed by atoms with Gasteiger partial charge in [-0.3, -0.25) is 10.1 Å². The molecular formula is C29H26Br2N2O5. The van der Waals surface area contributed by atoms with Crippen molar-refractivity contribution < 1.29 is 23.6 Å². The summed E-state index contributed by atoms with van der Waals surface area (Å²) in [7, 11) is 0. The van der Waals surface area contributed by atoms with Crippen LogP contribution in [-0.4, -0.2) is 30.4 Å². The molecule has 0 aliphatic heterocycles. The first-order valence-corrected chi connectivity index (χ1v) is 13.6. The fraction of sp³-hybridized carbons (Fsp3) is 0.207. The highest BCUT2D eigenvalue weighted by Gasteiger charge is 2.18. The molecule has 7 nitrogen and oxygen atoms in total. The summed E-state index contributed by atoms with van der Waals surface area (Å²) in [6.07, 6.45) is 0.246. The highest BCUT2D eigenvalue weighted by atomic mass is 79.9. The average molecular weight is 642 g/mol. The van der Waals surface area contributed by atoms with Gasteiger partial charge in [-0.1, -0.05) is 85.5 Å². The smallest absolute Gasteiger partial charge is 0.411 e. The second kappa shape index (κ2) is 12.9. The van der Waals surface area contributed by atoms with E-state index in [9.17, 15) is 9.59 Å². The number of nitrogens with one attached hydrogen (secondary N) is 1. The number of rotatable bonds is 9. The molecule has 0 radical (unpaired) electrons. The topological polar surface area (TPSA) is 90.7 Å². The minimum Gasteiger partial charge on any atom is -0.466 e. The molecular weight excluding hydrogens is 616 g/mol. The first kappa shape index (κ1) is 27.6. The van der Waals surface area contributed by atoms with Crippen LogP contribution in [0.3, 0.4) is 0 Å². The lowest BCUT2D eigenvalue weighted by molar-refractivity contribution is -0.142. The molecule has 1 aromatic heterocycles. The maximum atomic E-state index is 12.5. The number of amides is 1. The summed E-state index contributed by atoms with van der Waals surface area (Å²) in [4.78, 5) is 24.2. The number of aryl methyl sites for hydroxylation is 1. The van der Waals surface area contributed by atoms with Crippen LogP contribution in [0.15, 0.2) is 80.2 Å². The van der Waals surface area contributed by atoms with E-state index in [1.807, 2.05) is 66.7 Å². The predicted molar refractivity (Wildman–Crippen MR) is 153 cm³/mol. The Balaban J connectivity index is 1.38. The van der Waals surface area contributed by atoms with E-state index < -0.39 is 6.09 Å². The van der Waals surface area contributed by atoms with Crippen LogP contribution in [0.2, 0.25) is 0 Å². The number of nitrogens with zero attached hydrogens (tertiary/aromatic N) is 1. The summed E-state index contributed by atoms with van der Waals surface area (Å²) >= 11 is 6.92. The molecule has 0 aliphatic rings. The molecule has 9 heteroatoms. The fourth-order valence-electron chi connectivity index (χ4n) is 3.88. The molecule has 38 heavy (non-hydrogen) atoms. The van der Waals surface area contributed by atoms with Gasteiger partial charge in [-0.05, 0) is 54.3 Å². The fourth-order valence-corrected chi connectivity index (χ4v) is 5.27. The molecule has 1 amide bonds. The van der Waals surface area contributed by atoms with Crippen molar-refractivity contribution in [3.63, 3.8) is 0 Å². The van der Waals surface area contributed by atoms with Crippen molar-refractivity contribution in [2.24, 2.45) is 0 Å². The molecule has 0 unspecified atom stereocenters. The van der Waals surface area contributed by atoms with Crippen LogP contribution in [0.25, 0.3) is 22.5 Å². The zero-order valence-electron chi connectivity index (χ0n) is 20.9. The number of esters is 1.